The van der Waals surface area contributed by atoms with Crippen molar-refractivity contribution in [3.8, 4) is 6.07 Å². The molecule has 1 aliphatic heterocycles. The van der Waals surface area contributed by atoms with Crippen LogP contribution in [0.1, 0.15) is 55.0 Å². The number of hydrogen-bond acceptors (Lipinski definition) is 3. The molecule has 1 aromatic carbocycles. The smallest absolute Gasteiger partial charge is 0.306 e. The number of nitriles is 1. The fourth-order valence-electron chi connectivity index (χ4n) is 3.86. The number of hydrogen-bond donors (Lipinski definition) is 2. The van der Waals surface area contributed by atoms with Crippen LogP contribution in [0, 0.1) is 24.1 Å². The molecule has 5 nitrogen and oxygen atoms in total. The highest BCUT2D eigenvalue weighted by Crippen LogP contribution is 2.44. The molecule has 1 aromatic heterocycles. The van der Waals surface area contributed by atoms with Gasteiger partial charge < -0.3 is 14.8 Å². The summed E-state index contributed by atoms with van der Waals surface area (Å²) < 4.78 is 20.3. The summed E-state index contributed by atoms with van der Waals surface area (Å²) in [6, 6.07) is 3.30. The van der Waals surface area contributed by atoms with E-state index in [-0.39, 0.29) is 12.0 Å². The maximum Gasteiger partial charge on any atom is 0.306 e. The number of H-pyrrole nitrogens is 1. The van der Waals surface area contributed by atoms with Crippen LogP contribution >= 0.6 is 0 Å². The zero-order valence-electron chi connectivity index (χ0n) is 14.4. The lowest BCUT2D eigenvalue weighted by Gasteiger charge is -2.36. The van der Waals surface area contributed by atoms with Gasteiger partial charge in [0.25, 0.3) is 0 Å². The quantitative estimate of drug-likeness (QED) is 0.861. The Labute approximate surface area is 145 Å². The summed E-state index contributed by atoms with van der Waals surface area (Å²) >= 11 is 0. The second kappa shape index (κ2) is 6.49. The lowest BCUT2D eigenvalue weighted by molar-refractivity contribution is -0.149. The fourth-order valence-corrected chi connectivity index (χ4v) is 3.86. The predicted octanol–water partition coefficient (Wildman–Crippen LogP) is 3.92. The molecule has 0 saturated carbocycles. The fraction of sp³-hybridized carbons (Fsp3) is 0.474. The first kappa shape index (κ1) is 17.4. The number of aromatic amines is 1. The lowest BCUT2D eigenvalue weighted by atomic mass is 9.84. The molecule has 25 heavy (non-hydrogen) atoms. The van der Waals surface area contributed by atoms with E-state index < -0.39 is 17.4 Å². The van der Waals surface area contributed by atoms with E-state index in [0.717, 1.165) is 18.4 Å². The van der Waals surface area contributed by atoms with Gasteiger partial charge in [0.15, 0.2) is 0 Å². The highest BCUT2D eigenvalue weighted by atomic mass is 19.1. The standard InChI is InChI=1S/C19H21FN2O3/c1-3-4-6-19(9-15(23)24)18-12(5-7-25-19)16-13(10-21)14(20)8-11(2)17(16)22-18/h8,22H,3-7,9H2,1-2H3,(H,23,24). The monoisotopic (exact) mass is 344 g/mol. The number of rotatable bonds is 5. The van der Waals surface area contributed by atoms with Crippen LogP contribution in [0.4, 0.5) is 4.39 Å². The number of nitrogens with zero attached hydrogens (tertiary/aromatic N) is 1. The first-order valence-corrected chi connectivity index (χ1v) is 8.53. The van der Waals surface area contributed by atoms with E-state index in [2.05, 4.69) is 4.98 Å². The minimum absolute atomic E-state index is 0.0136. The van der Waals surface area contributed by atoms with Crippen molar-refractivity contribution in [1.29, 1.82) is 5.26 Å². The lowest BCUT2D eigenvalue weighted by Crippen LogP contribution is -2.38. The molecule has 1 aliphatic rings. The largest absolute Gasteiger partial charge is 0.481 e. The molecule has 0 fully saturated rings. The van der Waals surface area contributed by atoms with Gasteiger partial charge in [-0.15, -0.1) is 0 Å². The topological polar surface area (TPSA) is 86.1 Å². The molecule has 0 amide bonds. The molecule has 1 atom stereocenters. The summed E-state index contributed by atoms with van der Waals surface area (Å²) in [4.78, 5) is 14.8. The minimum atomic E-state index is -0.954. The second-order valence-corrected chi connectivity index (χ2v) is 6.66. The number of carbonyl (C=O) groups is 1. The molecular weight excluding hydrogens is 323 g/mol. The molecule has 2 N–H and O–H groups in total. The first-order valence-electron chi connectivity index (χ1n) is 8.53. The number of carboxylic acid groups (broad SMARTS) is 1. The third-order valence-electron chi connectivity index (χ3n) is 5.00. The molecule has 2 heterocycles. The summed E-state index contributed by atoms with van der Waals surface area (Å²) in [5.41, 5.74) is 1.96. The molecule has 0 bridgehead atoms. The van der Waals surface area contributed by atoms with Crippen molar-refractivity contribution in [1.82, 2.24) is 4.98 Å². The van der Waals surface area contributed by atoms with Crippen LogP contribution < -0.4 is 0 Å². The average Bonchev–Trinajstić information content (AvgIpc) is 2.95. The molecule has 1 unspecified atom stereocenters. The Morgan fingerprint density at radius 3 is 2.96 bits per heavy atom. The highest BCUT2D eigenvalue weighted by Gasteiger charge is 2.42. The number of halogens is 1. The molecule has 2 aromatic rings. The van der Waals surface area contributed by atoms with Gasteiger partial charge in [-0.05, 0) is 37.0 Å². The summed E-state index contributed by atoms with van der Waals surface area (Å²) in [7, 11) is 0. The van der Waals surface area contributed by atoms with Gasteiger partial charge in [0.05, 0.1) is 29.8 Å². The van der Waals surface area contributed by atoms with E-state index in [9.17, 15) is 19.6 Å². The van der Waals surface area contributed by atoms with E-state index in [1.807, 2.05) is 13.0 Å². The van der Waals surface area contributed by atoms with Gasteiger partial charge in [-0.3, -0.25) is 4.79 Å². The molecule has 0 radical (unpaired) electrons. The van der Waals surface area contributed by atoms with Gasteiger partial charge in [-0.1, -0.05) is 19.8 Å². The van der Waals surface area contributed by atoms with Crippen molar-refractivity contribution in [2.45, 2.75) is 51.6 Å². The van der Waals surface area contributed by atoms with Crippen molar-refractivity contribution in [3.63, 3.8) is 0 Å². The molecule has 132 valence electrons. The third-order valence-corrected chi connectivity index (χ3v) is 5.00. The first-order chi connectivity index (χ1) is 11.9. The van der Waals surface area contributed by atoms with Crippen LogP contribution in [-0.4, -0.2) is 22.7 Å². The van der Waals surface area contributed by atoms with Crippen LogP contribution in [0.3, 0.4) is 0 Å². The molecule has 6 heteroatoms. The Bertz CT molecular complexity index is 881. The van der Waals surface area contributed by atoms with Gasteiger partial charge >= 0.3 is 5.97 Å². The highest BCUT2D eigenvalue weighted by molar-refractivity contribution is 5.93. The predicted molar refractivity (Wildman–Crippen MR) is 90.8 cm³/mol. The van der Waals surface area contributed by atoms with Crippen molar-refractivity contribution >= 4 is 16.9 Å². The maximum absolute atomic E-state index is 14.3. The van der Waals surface area contributed by atoms with Crippen molar-refractivity contribution in [2.75, 3.05) is 6.61 Å². The summed E-state index contributed by atoms with van der Waals surface area (Å²) in [6.07, 6.45) is 2.67. The summed E-state index contributed by atoms with van der Waals surface area (Å²) in [5, 5.41) is 19.4. The van der Waals surface area contributed by atoms with Crippen LogP contribution in [0.2, 0.25) is 0 Å². The molecular formula is C19H21FN2O3. The zero-order valence-corrected chi connectivity index (χ0v) is 14.4. The van der Waals surface area contributed by atoms with Crippen LogP contribution in [-0.2, 0) is 21.6 Å². The second-order valence-electron chi connectivity index (χ2n) is 6.66. The average molecular weight is 344 g/mol. The zero-order chi connectivity index (χ0) is 18.2. The van der Waals surface area contributed by atoms with E-state index in [1.54, 1.807) is 6.92 Å². The Hall–Kier alpha value is -2.39. The van der Waals surface area contributed by atoms with E-state index in [4.69, 9.17) is 4.74 Å². The Morgan fingerprint density at radius 2 is 2.32 bits per heavy atom. The van der Waals surface area contributed by atoms with Crippen molar-refractivity contribution in [3.05, 3.63) is 34.3 Å². The van der Waals surface area contributed by atoms with Crippen LogP contribution in [0.15, 0.2) is 6.07 Å². The van der Waals surface area contributed by atoms with Crippen molar-refractivity contribution < 1.29 is 19.0 Å². The molecule has 0 spiro atoms. The van der Waals surface area contributed by atoms with E-state index in [0.29, 0.717) is 41.6 Å². The van der Waals surface area contributed by atoms with E-state index in [1.165, 1.54) is 6.07 Å². The van der Waals surface area contributed by atoms with Gasteiger partial charge in [-0.2, -0.15) is 5.26 Å². The molecule has 0 aliphatic carbocycles. The number of nitrogens with one attached hydrogen (secondary N) is 1. The van der Waals surface area contributed by atoms with Crippen molar-refractivity contribution in [2.24, 2.45) is 0 Å². The number of fused-ring (bicyclic) bond motifs is 3. The Balaban J connectivity index is 2.30. The number of aliphatic carboxylic acids is 1. The van der Waals surface area contributed by atoms with Gasteiger partial charge in [0.2, 0.25) is 0 Å². The number of ether oxygens (including phenoxy) is 1. The van der Waals surface area contributed by atoms with Gasteiger partial charge in [-0.25, -0.2) is 4.39 Å². The van der Waals surface area contributed by atoms with E-state index >= 15 is 0 Å². The Morgan fingerprint density at radius 1 is 1.56 bits per heavy atom. The summed E-state index contributed by atoms with van der Waals surface area (Å²) in [6.45, 7) is 4.17. The molecule has 0 saturated heterocycles. The Kier molecular flexibility index (Phi) is 4.53. The number of unbranched alkanes of at least 4 members (excludes halogenated alkanes) is 1. The number of aromatic nitrogens is 1. The molecule has 3 rings (SSSR count). The minimum Gasteiger partial charge on any atom is -0.481 e. The summed E-state index contributed by atoms with van der Waals surface area (Å²) in [5.74, 6) is -1.48. The number of benzene rings is 1. The van der Waals surface area contributed by atoms with Crippen LogP contribution in [0.5, 0.6) is 0 Å². The normalized spacial score (nSPS) is 19.6. The van der Waals surface area contributed by atoms with Gasteiger partial charge in [0.1, 0.15) is 17.5 Å². The maximum atomic E-state index is 14.3. The third kappa shape index (κ3) is 2.79. The SMILES string of the molecule is CCCCC1(CC(=O)O)OCCc2c1[nH]c1c(C)cc(F)c(C#N)c21. The van der Waals surface area contributed by atoms with Crippen LogP contribution in [0.25, 0.3) is 10.9 Å². The number of aryl methyl sites for hydroxylation is 1. The van der Waals surface area contributed by atoms with Gasteiger partial charge in [0, 0.05) is 5.39 Å². The number of carboxylic acids is 1.